The van der Waals surface area contributed by atoms with Gasteiger partial charge < -0.3 is 4.90 Å². The average Bonchev–Trinajstić information content (AvgIpc) is 2.56. The molecule has 0 bridgehead atoms. The molecule has 1 aromatic carbocycles. The zero-order valence-electron chi connectivity index (χ0n) is 11.5. The van der Waals surface area contributed by atoms with Crippen molar-refractivity contribution in [1.29, 1.82) is 0 Å². The molecular weight excluding hydrogens is 267 g/mol. The molecular formula is C17H15FN2O. The van der Waals surface area contributed by atoms with E-state index in [2.05, 4.69) is 17.1 Å². The Hall–Kier alpha value is -2.49. The van der Waals surface area contributed by atoms with Crippen LogP contribution in [0.2, 0.25) is 0 Å². The van der Waals surface area contributed by atoms with E-state index in [1.807, 2.05) is 24.3 Å². The van der Waals surface area contributed by atoms with E-state index in [9.17, 15) is 9.18 Å². The molecule has 3 rings (SSSR count). The number of rotatable bonds is 2. The predicted molar refractivity (Wildman–Crippen MR) is 79.1 cm³/mol. The fraction of sp³-hybridized carbons (Fsp3) is 0.176. The Morgan fingerprint density at radius 3 is 2.67 bits per heavy atom. The van der Waals surface area contributed by atoms with Gasteiger partial charge in [-0.1, -0.05) is 36.4 Å². The summed E-state index contributed by atoms with van der Waals surface area (Å²) in [5.41, 5.74) is 2.50. The van der Waals surface area contributed by atoms with Crippen LogP contribution in [-0.4, -0.2) is 28.9 Å². The minimum atomic E-state index is -0.569. The summed E-state index contributed by atoms with van der Waals surface area (Å²) in [6.45, 7) is 1.10. The van der Waals surface area contributed by atoms with Crippen molar-refractivity contribution in [3.8, 4) is 0 Å². The van der Waals surface area contributed by atoms with E-state index in [0.717, 1.165) is 12.6 Å². The molecule has 1 aliphatic rings. The SMILES string of the molecule is O=C(c1ccncc1F)N1CC=C(c2ccccc2)CC1. The van der Waals surface area contributed by atoms with Gasteiger partial charge in [0.05, 0.1) is 11.8 Å². The first kappa shape index (κ1) is 13.5. The van der Waals surface area contributed by atoms with Crippen molar-refractivity contribution in [1.82, 2.24) is 9.88 Å². The molecule has 0 spiro atoms. The molecule has 0 saturated heterocycles. The molecule has 0 N–H and O–H groups in total. The normalized spacial score (nSPS) is 14.7. The van der Waals surface area contributed by atoms with Gasteiger partial charge in [0.15, 0.2) is 5.82 Å². The van der Waals surface area contributed by atoms with Crippen LogP contribution >= 0.6 is 0 Å². The fourth-order valence-corrected chi connectivity index (χ4v) is 2.49. The molecule has 0 atom stereocenters. The summed E-state index contributed by atoms with van der Waals surface area (Å²) in [6.07, 6.45) is 5.33. The van der Waals surface area contributed by atoms with Crippen molar-refractivity contribution < 1.29 is 9.18 Å². The molecule has 0 saturated carbocycles. The number of nitrogens with zero attached hydrogens (tertiary/aromatic N) is 2. The van der Waals surface area contributed by atoms with Gasteiger partial charge in [-0.05, 0) is 23.6 Å². The summed E-state index contributed by atoms with van der Waals surface area (Å²) < 4.78 is 13.6. The third-order valence-electron chi connectivity index (χ3n) is 3.64. The van der Waals surface area contributed by atoms with Crippen LogP contribution in [-0.2, 0) is 0 Å². The Morgan fingerprint density at radius 1 is 1.19 bits per heavy atom. The molecule has 1 aliphatic heterocycles. The summed E-state index contributed by atoms with van der Waals surface area (Å²) in [6, 6.07) is 11.5. The highest BCUT2D eigenvalue weighted by Crippen LogP contribution is 2.23. The number of aromatic nitrogens is 1. The Morgan fingerprint density at radius 2 is 2.00 bits per heavy atom. The van der Waals surface area contributed by atoms with Gasteiger partial charge >= 0.3 is 0 Å². The van der Waals surface area contributed by atoms with Crippen LogP contribution < -0.4 is 0 Å². The second kappa shape index (κ2) is 5.87. The van der Waals surface area contributed by atoms with Crippen molar-refractivity contribution in [2.24, 2.45) is 0 Å². The van der Waals surface area contributed by atoms with E-state index in [1.54, 1.807) is 4.90 Å². The maximum atomic E-state index is 13.6. The molecule has 106 valence electrons. The lowest BCUT2D eigenvalue weighted by Gasteiger charge is -2.26. The van der Waals surface area contributed by atoms with Crippen LogP contribution in [0.3, 0.4) is 0 Å². The number of halogens is 1. The summed E-state index contributed by atoms with van der Waals surface area (Å²) in [7, 11) is 0. The molecule has 0 fully saturated rings. The van der Waals surface area contributed by atoms with Crippen LogP contribution in [0.25, 0.3) is 5.57 Å². The molecule has 0 radical (unpaired) electrons. The molecule has 21 heavy (non-hydrogen) atoms. The molecule has 1 amide bonds. The predicted octanol–water partition coefficient (Wildman–Crippen LogP) is 3.15. The van der Waals surface area contributed by atoms with E-state index in [-0.39, 0.29) is 11.5 Å². The lowest BCUT2D eigenvalue weighted by Crippen LogP contribution is -2.35. The summed E-state index contributed by atoms with van der Waals surface area (Å²) >= 11 is 0. The summed E-state index contributed by atoms with van der Waals surface area (Å²) in [4.78, 5) is 17.6. The third kappa shape index (κ3) is 2.84. The zero-order chi connectivity index (χ0) is 14.7. The topological polar surface area (TPSA) is 33.2 Å². The smallest absolute Gasteiger partial charge is 0.257 e. The Bertz CT molecular complexity index is 682. The van der Waals surface area contributed by atoms with Gasteiger partial charge in [0.2, 0.25) is 0 Å². The highest BCUT2D eigenvalue weighted by molar-refractivity contribution is 5.94. The number of hydrogen-bond donors (Lipinski definition) is 0. The standard InChI is InChI=1S/C17H15FN2O/c18-16-12-19-9-6-15(16)17(21)20-10-7-14(8-11-20)13-4-2-1-3-5-13/h1-7,9,12H,8,10-11H2. The molecule has 4 heteroatoms. The molecule has 0 aliphatic carbocycles. The summed E-state index contributed by atoms with van der Waals surface area (Å²) in [5.74, 6) is -0.849. The van der Waals surface area contributed by atoms with Crippen molar-refractivity contribution >= 4 is 11.5 Å². The van der Waals surface area contributed by atoms with Crippen LogP contribution in [0.4, 0.5) is 4.39 Å². The first-order valence-corrected chi connectivity index (χ1v) is 6.89. The van der Waals surface area contributed by atoms with Crippen LogP contribution in [0.15, 0.2) is 54.9 Å². The zero-order valence-corrected chi connectivity index (χ0v) is 11.5. The Balaban J connectivity index is 1.75. The van der Waals surface area contributed by atoms with Crippen LogP contribution in [0.1, 0.15) is 22.3 Å². The van der Waals surface area contributed by atoms with Gasteiger partial charge in [-0.15, -0.1) is 0 Å². The van der Waals surface area contributed by atoms with Gasteiger partial charge in [-0.3, -0.25) is 9.78 Å². The maximum Gasteiger partial charge on any atom is 0.257 e. The van der Waals surface area contributed by atoms with Crippen LogP contribution in [0, 0.1) is 5.82 Å². The van der Waals surface area contributed by atoms with Crippen molar-refractivity contribution in [3.63, 3.8) is 0 Å². The number of carbonyl (C=O) groups excluding carboxylic acids is 1. The first-order valence-electron chi connectivity index (χ1n) is 6.89. The molecule has 0 unspecified atom stereocenters. The Kier molecular flexibility index (Phi) is 3.77. The maximum absolute atomic E-state index is 13.6. The summed E-state index contributed by atoms with van der Waals surface area (Å²) in [5, 5.41) is 0. The van der Waals surface area contributed by atoms with Gasteiger partial charge in [0.25, 0.3) is 5.91 Å². The highest BCUT2D eigenvalue weighted by Gasteiger charge is 2.21. The van der Waals surface area contributed by atoms with Gasteiger partial charge in [-0.25, -0.2) is 4.39 Å². The number of benzene rings is 1. The van der Waals surface area contributed by atoms with E-state index in [0.29, 0.717) is 13.1 Å². The van der Waals surface area contributed by atoms with Crippen molar-refractivity contribution in [2.75, 3.05) is 13.1 Å². The number of amides is 1. The van der Waals surface area contributed by atoms with Gasteiger partial charge in [0.1, 0.15) is 0 Å². The monoisotopic (exact) mass is 282 g/mol. The first-order chi connectivity index (χ1) is 10.3. The lowest BCUT2D eigenvalue weighted by atomic mass is 9.99. The fourth-order valence-electron chi connectivity index (χ4n) is 2.49. The number of pyridine rings is 1. The second-order valence-electron chi connectivity index (χ2n) is 4.95. The molecule has 2 heterocycles. The number of hydrogen-bond acceptors (Lipinski definition) is 2. The largest absolute Gasteiger partial charge is 0.334 e. The minimum Gasteiger partial charge on any atom is -0.334 e. The third-order valence-corrected chi connectivity index (χ3v) is 3.64. The molecule has 1 aromatic heterocycles. The van der Waals surface area contributed by atoms with Crippen molar-refractivity contribution in [2.45, 2.75) is 6.42 Å². The molecule has 2 aromatic rings. The van der Waals surface area contributed by atoms with Crippen molar-refractivity contribution in [3.05, 3.63) is 71.8 Å². The van der Waals surface area contributed by atoms with E-state index < -0.39 is 5.82 Å². The Labute approximate surface area is 122 Å². The molecule has 3 nitrogen and oxygen atoms in total. The number of carbonyl (C=O) groups is 1. The average molecular weight is 282 g/mol. The van der Waals surface area contributed by atoms with E-state index in [1.165, 1.54) is 23.4 Å². The van der Waals surface area contributed by atoms with E-state index >= 15 is 0 Å². The highest BCUT2D eigenvalue weighted by atomic mass is 19.1. The quantitative estimate of drug-likeness (QED) is 0.847. The van der Waals surface area contributed by atoms with Gasteiger partial charge in [0, 0.05) is 19.3 Å². The van der Waals surface area contributed by atoms with E-state index in [4.69, 9.17) is 0 Å². The van der Waals surface area contributed by atoms with Crippen LogP contribution in [0.5, 0.6) is 0 Å². The lowest BCUT2D eigenvalue weighted by molar-refractivity contribution is 0.0768. The second-order valence-corrected chi connectivity index (χ2v) is 4.95. The van der Waals surface area contributed by atoms with Gasteiger partial charge in [-0.2, -0.15) is 0 Å². The minimum absolute atomic E-state index is 0.0848.